The van der Waals surface area contributed by atoms with E-state index in [9.17, 15) is 4.79 Å². The summed E-state index contributed by atoms with van der Waals surface area (Å²) in [5, 5.41) is 2.79. The first-order chi connectivity index (χ1) is 9.66. The second-order valence-corrected chi connectivity index (χ2v) is 5.12. The van der Waals surface area contributed by atoms with Crippen LogP contribution in [0.2, 0.25) is 0 Å². The third-order valence-electron chi connectivity index (χ3n) is 2.63. The minimum atomic E-state index is 0.0888. The number of carbonyl (C=O) groups is 1. The Morgan fingerprint density at radius 3 is 2.05 bits per heavy atom. The van der Waals surface area contributed by atoms with E-state index in [0.29, 0.717) is 51.9 Å². The van der Waals surface area contributed by atoms with Crippen LogP contribution in [-0.2, 0) is 19.0 Å². The van der Waals surface area contributed by atoms with Crippen LogP contribution in [0.25, 0.3) is 0 Å². The molecule has 0 fully saturated rings. The molecule has 0 aliphatic heterocycles. The highest BCUT2D eigenvalue weighted by atomic mass is 16.5. The molecule has 0 rings (SSSR count). The molecule has 0 saturated carbocycles. The molecule has 0 saturated heterocycles. The summed E-state index contributed by atoms with van der Waals surface area (Å²) < 4.78 is 16.1. The Morgan fingerprint density at radius 2 is 1.50 bits per heavy atom. The van der Waals surface area contributed by atoms with Crippen molar-refractivity contribution < 1.29 is 19.0 Å². The predicted octanol–water partition coefficient (Wildman–Crippen LogP) is 2.00. The Balaban J connectivity index is 3.04. The van der Waals surface area contributed by atoms with Crippen molar-refractivity contribution in [3.63, 3.8) is 0 Å². The fourth-order valence-corrected chi connectivity index (χ4v) is 1.44. The van der Waals surface area contributed by atoms with Gasteiger partial charge in [0.2, 0.25) is 5.91 Å². The van der Waals surface area contributed by atoms with Crippen molar-refractivity contribution in [2.24, 2.45) is 5.92 Å². The first kappa shape index (κ1) is 19.4. The molecular weight excluding hydrogens is 258 g/mol. The molecule has 120 valence electrons. The highest BCUT2D eigenvalue weighted by Gasteiger charge is 1.97. The van der Waals surface area contributed by atoms with E-state index in [1.54, 1.807) is 0 Å². The quantitative estimate of drug-likeness (QED) is 0.497. The van der Waals surface area contributed by atoms with Gasteiger partial charge < -0.3 is 19.5 Å². The molecule has 5 nitrogen and oxygen atoms in total. The van der Waals surface area contributed by atoms with Crippen LogP contribution in [0.5, 0.6) is 0 Å². The lowest BCUT2D eigenvalue weighted by Crippen LogP contribution is -2.27. The van der Waals surface area contributed by atoms with Crippen molar-refractivity contribution in [1.82, 2.24) is 5.32 Å². The maximum Gasteiger partial charge on any atom is 0.220 e. The van der Waals surface area contributed by atoms with Crippen LogP contribution in [0.15, 0.2) is 0 Å². The second-order valence-electron chi connectivity index (χ2n) is 5.12. The summed E-state index contributed by atoms with van der Waals surface area (Å²) in [6.07, 6.45) is 2.55. The Hall–Kier alpha value is -0.650. The molecule has 0 heterocycles. The Bertz CT molecular complexity index is 222. The van der Waals surface area contributed by atoms with Crippen molar-refractivity contribution in [1.29, 1.82) is 0 Å². The van der Waals surface area contributed by atoms with E-state index in [0.717, 1.165) is 19.4 Å². The van der Waals surface area contributed by atoms with Crippen LogP contribution in [0, 0.1) is 5.92 Å². The number of hydrogen-bond donors (Lipinski definition) is 1. The molecule has 5 heteroatoms. The van der Waals surface area contributed by atoms with Gasteiger partial charge in [-0.1, -0.05) is 20.8 Å². The standard InChI is InChI=1S/C15H31NO4/c1-4-5-15(17)16-7-9-19-11-13-20-12-10-18-8-6-14(2)3/h14H,4-13H2,1-3H3,(H,16,17). The molecule has 0 aliphatic carbocycles. The highest BCUT2D eigenvalue weighted by molar-refractivity contribution is 5.75. The highest BCUT2D eigenvalue weighted by Crippen LogP contribution is 1.98. The minimum absolute atomic E-state index is 0.0888. The summed E-state index contributed by atoms with van der Waals surface area (Å²) in [6, 6.07) is 0. The minimum Gasteiger partial charge on any atom is -0.379 e. The van der Waals surface area contributed by atoms with Crippen molar-refractivity contribution in [3.8, 4) is 0 Å². The zero-order chi connectivity index (χ0) is 15.1. The molecule has 20 heavy (non-hydrogen) atoms. The molecular formula is C15H31NO4. The van der Waals surface area contributed by atoms with Gasteiger partial charge in [0, 0.05) is 19.6 Å². The Kier molecular flexibility index (Phi) is 14.3. The zero-order valence-corrected chi connectivity index (χ0v) is 13.3. The van der Waals surface area contributed by atoms with Crippen LogP contribution in [-0.4, -0.2) is 52.1 Å². The molecule has 0 aliphatic rings. The monoisotopic (exact) mass is 289 g/mol. The number of rotatable bonds is 14. The number of carbonyl (C=O) groups excluding carboxylic acids is 1. The van der Waals surface area contributed by atoms with E-state index in [1.165, 1.54) is 0 Å². The van der Waals surface area contributed by atoms with Crippen LogP contribution in [0.3, 0.4) is 0 Å². The maximum atomic E-state index is 11.1. The van der Waals surface area contributed by atoms with Gasteiger partial charge in [-0.05, 0) is 18.8 Å². The van der Waals surface area contributed by atoms with Gasteiger partial charge >= 0.3 is 0 Å². The molecule has 0 aromatic rings. The van der Waals surface area contributed by atoms with E-state index in [1.807, 2.05) is 6.92 Å². The van der Waals surface area contributed by atoms with Gasteiger partial charge in [0.1, 0.15) is 0 Å². The van der Waals surface area contributed by atoms with E-state index in [4.69, 9.17) is 14.2 Å². The lowest BCUT2D eigenvalue weighted by Gasteiger charge is -2.08. The van der Waals surface area contributed by atoms with Gasteiger partial charge in [0.25, 0.3) is 0 Å². The lowest BCUT2D eigenvalue weighted by atomic mass is 10.1. The van der Waals surface area contributed by atoms with Gasteiger partial charge in [0.15, 0.2) is 0 Å². The lowest BCUT2D eigenvalue weighted by molar-refractivity contribution is -0.121. The average molecular weight is 289 g/mol. The molecule has 1 N–H and O–H groups in total. The summed E-state index contributed by atoms with van der Waals surface area (Å²) >= 11 is 0. The van der Waals surface area contributed by atoms with Crippen molar-refractivity contribution in [2.45, 2.75) is 40.0 Å². The Morgan fingerprint density at radius 1 is 0.950 bits per heavy atom. The summed E-state index contributed by atoms with van der Waals surface area (Å²) in [5.41, 5.74) is 0. The van der Waals surface area contributed by atoms with E-state index >= 15 is 0 Å². The maximum absolute atomic E-state index is 11.1. The van der Waals surface area contributed by atoms with E-state index < -0.39 is 0 Å². The topological polar surface area (TPSA) is 56.8 Å². The summed E-state index contributed by atoms with van der Waals surface area (Å²) in [7, 11) is 0. The van der Waals surface area contributed by atoms with Crippen LogP contribution >= 0.6 is 0 Å². The molecule has 0 aromatic carbocycles. The van der Waals surface area contributed by atoms with E-state index in [2.05, 4.69) is 19.2 Å². The largest absolute Gasteiger partial charge is 0.379 e. The van der Waals surface area contributed by atoms with Crippen molar-refractivity contribution >= 4 is 5.91 Å². The fraction of sp³-hybridized carbons (Fsp3) is 0.933. The first-order valence-electron chi connectivity index (χ1n) is 7.66. The molecule has 0 spiro atoms. The summed E-state index contributed by atoms with van der Waals surface area (Å²) in [5.74, 6) is 0.771. The third-order valence-corrected chi connectivity index (χ3v) is 2.63. The summed E-state index contributed by atoms with van der Waals surface area (Å²) in [6.45, 7) is 10.6. The molecule has 1 amide bonds. The number of nitrogens with one attached hydrogen (secondary N) is 1. The predicted molar refractivity (Wildman–Crippen MR) is 79.8 cm³/mol. The number of amides is 1. The third kappa shape index (κ3) is 15.4. The summed E-state index contributed by atoms with van der Waals surface area (Å²) in [4.78, 5) is 11.1. The van der Waals surface area contributed by atoms with Gasteiger partial charge in [-0.2, -0.15) is 0 Å². The second kappa shape index (κ2) is 14.8. The molecule has 0 unspecified atom stereocenters. The van der Waals surface area contributed by atoms with Gasteiger partial charge in [-0.3, -0.25) is 4.79 Å². The van der Waals surface area contributed by atoms with Crippen LogP contribution in [0.1, 0.15) is 40.0 Å². The first-order valence-corrected chi connectivity index (χ1v) is 7.66. The van der Waals surface area contributed by atoms with E-state index in [-0.39, 0.29) is 5.91 Å². The normalized spacial score (nSPS) is 11.0. The number of ether oxygens (including phenoxy) is 3. The SMILES string of the molecule is CCCC(=O)NCCOCCOCCOCCC(C)C. The van der Waals surface area contributed by atoms with Gasteiger partial charge in [-0.25, -0.2) is 0 Å². The van der Waals surface area contributed by atoms with Crippen molar-refractivity contribution in [3.05, 3.63) is 0 Å². The fourth-order valence-electron chi connectivity index (χ4n) is 1.44. The zero-order valence-electron chi connectivity index (χ0n) is 13.3. The van der Waals surface area contributed by atoms with Crippen molar-refractivity contribution in [2.75, 3.05) is 46.2 Å². The van der Waals surface area contributed by atoms with Gasteiger partial charge in [0.05, 0.1) is 33.0 Å². The van der Waals surface area contributed by atoms with Gasteiger partial charge in [-0.15, -0.1) is 0 Å². The Labute approximate surface area is 123 Å². The molecule has 0 atom stereocenters. The van der Waals surface area contributed by atoms with Crippen LogP contribution in [0.4, 0.5) is 0 Å². The average Bonchev–Trinajstić information content (AvgIpc) is 2.40. The molecule has 0 bridgehead atoms. The number of hydrogen-bond acceptors (Lipinski definition) is 4. The van der Waals surface area contributed by atoms with Crippen LogP contribution < -0.4 is 5.32 Å². The smallest absolute Gasteiger partial charge is 0.220 e. The molecule has 0 radical (unpaired) electrons. The molecule has 0 aromatic heterocycles.